The summed E-state index contributed by atoms with van der Waals surface area (Å²) in [4.78, 5) is 0. The molecule has 3 rings (SSSR count). The van der Waals surface area contributed by atoms with Gasteiger partial charge in [0, 0.05) is 30.9 Å². The molecule has 2 aromatic rings. The minimum Gasteiger partial charge on any atom is -0.434 e. The van der Waals surface area contributed by atoms with Crippen LogP contribution in [0.1, 0.15) is 11.7 Å². The predicted octanol–water partition coefficient (Wildman–Crippen LogP) is 2.07. The fourth-order valence-corrected chi connectivity index (χ4v) is 2.07. The van der Waals surface area contributed by atoms with Crippen LogP contribution in [0.3, 0.4) is 0 Å². The fourth-order valence-electron chi connectivity index (χ4n) is 2.07. The Kier molecular flexibility index (Phi) is 3.85. The third kappa shape index (κ3) is 2.76. The Morgan fingerprint density at radius 3 is 3.00 bits per heavy atom. The van der Waals surface area contributed by atoms with Gasteiger partial charge in [0.15, 0.2) is 11.6 Å². The number of rotatable bonds is 3. The molecule has 1 aliphatic heterocycles. The highest BCUT2D eigenvalue weighted by atomic mass is 19.1. The van der Waals surface area contributed by atoms with E-state index in [1.54, 1.807) is 30.3 Å². The lowest BCUT2D eigenvalue weighted by molar-refractivity contribution is 0.0253. The van der Waals surface area contributed by atoms with Gasteiger partial charge in [0.25, 0.3) is 0 Å². The number of benzene rings is 1. The highest BCUT2D eigenvalue weighted by Crippen LogP contribution is 2.30. The van der Waals surface area contributed by atoms with Crippen molar-refractivity contribution >= 4 is 0 Å². The van der Waals surface area contributed by atoms with Gasteiger partial charge in [-0.1, -0.05) is 12.1 Å². The first-order valence-electron chi connectivity index (χ1n) is 6.41. The van der Waals surface area contributed by atoms with Crippen molar-refractivity contribution in [2.45, 2.75) is 6.10 Å². The summed E-state index contributed by atoms with van der Waals surface area (Å²) in [6.45, 7) is 1.94. The predicted molar refractivity (Wildman–Crippen MR) is 70.1 cm³/mol. The Bertz CT molecular complexity index is 574. The zero-order valence-corrected chi connectivity index (χ0v) is 10.8. The average Bonchev–Trinajstić information content (AvgIpc) is 2.51. The number of aromatic nitrogens is 2. The summed E-state index contributed by atoms with van der Waals surface area (Å²) in [7, 11) is 0. The van der Waals surface area contributed by atoms with E-state index in [2.05, 4.69) is 15.5 Å². The number of nitrogens with one attached hydrogen (secondary N) is 1. The lowest BCUT2D eigenvalue weighted by Gasteiger charge is -2.24. The van der Waals surface area contributed by atoms with E-state index >= 15 is 0 Å². The quantitative estimate of drug-likeness (QED) is 0.929. The smallest absolute Gasteiger partial charge is 0.238 e. The molecule has 1 aromatic carbocycles. The molecule has 0 radical (unpaired) electrons. The van der Waals surface area contributed by atoms with Gasteiger partial charge in [-0.25, -0.2) is 4.39 Å². The van der Waals surface area contributed by atoms with Crippen LogP contribution in [-0.2, 0) is 4.74 Å². The first-order chi connectivity index (χ1) is 9.84. The Morgan fingerprint density at radius 2 is 2.25 bits per heavy atom. The average molecular weight is 275 g/mol. The van der Waals surface area contributed by atoms with Crippen molar-refractivity contribution in [2.24, 2.45) is 0 Å². The summed E-state index contributed by atoms with van der Waals surface area (Å²) < 4.78 is 25.4. The maximum atomic E-state index is 14.5. The summed E-state index contributed by atoms with van der Waals surface area (Å²) in [6, 6.07) is 8.30. The summed E-state index contributed by atoms with van der Waals surface area (Å²) in [6.07, 6.45) is 1.23. The number of nitrogens with zero attached hydrogens (tertiary/aromatic N) is 2. The van der Waals surface area contributed by atoms with Crippen molar-refractivity contribution < 1.29 is 13.9 Å². The molecule has 1 aliphatic rings. The van der Waals surface area contributed by atoms with Crippen molar-refractivity contribution in [1.29, 1.82) is 0 Å². The Morgan fingerprint density at radius 1 is 1.30 bits per heavy atom. The molecule has 20 heavy (non-hydrogen) atoms. The molecule has 0 saturated carbocycles. The molecule has 0 spiro atoms. The van der Waals surface area contributed by atoms with Crippen molar-refractivity contribution in [3.8, 4) is 11.6 Å². The van der Waals surface area contributed by atoms with Gasteiger partial charge >= 0.3 is 0 Å². The number of hydrogen-bond donors (Lipinski definition) is 1. The molecule has 1 saturated heterocycles. The molecule has 1 atom stereocenters. The molecule has 0 bridgehead atoms. The van der Waals surface area contributed by atoms with Crippen LogP contribution in [0.25, 0.3) is 0 Å². The molecule has 1 fully saturated rings. The first kappa shape index (κ1) is 13.0. The zero-order chi connectivity index (χ0) is 13.8. The molecular formula is C14H14FN3O2. The van der Waals surface area contributed by atoms with Crippen molar-refractivity contribution in [2.75, 3.05) is 19.7 Å². The second-order valence-corrected chi connectivity index (χ2v) is 4.39. The van der Waals surface area contributed by atoms with Crippen LogP contribution >= 0.6 is 0 Å². The van der Waals surface area contributed by atoms with Gasteiger partial charge in [0.2, 0.25) is 5.88 Å². The largest absolute Gasteiger partial charge is 0.434 e. The zero-order valence-electron chi connectivity index (χ0n) is 10.8. The number of hydrogen-bond acceptors (Lipinski definition) is 5. The molecule has 0 amide bonds. The van der Waals surface area contributed by atoms with Crippen molar-refractivity contribution in [1.82, 2.24) is 15.5 Å². The van der Waals surface area contributed by atoms with Gasteiger partial charge in [-0.15, -0.1) is 5.10 Å². The summed E-state index contributed by atoms with van der Waals surface area (Å²) in [5.41, 5.74) is 0.485. The van der Waals surface area contributed by atoms with E-state index in [4.69, 9.17) is 9.47 Å². The number of morpholine rings is 1. The highest BCUT2D eigenvalue weighted by molar-refractivity contribution is 5.35. The van der Waals surface area contributed by atoms with E-state index in [-0.39, 0.29) is 17.7 Å². The van der Waals surface area contributed by atoms with Crippen molar-refractivity contribution in [3.05, 3.63) is 47.9 Å². The van der Waals surface area contributed by atoms with Gasteiger partial charge < -0.3 is 14.8 Å². The van der Waals surface area contributed by atoms with Crippen LogP contribution < -0.4 is 10.1 Å². The molecule has 0 unspecified atom stereocenters. The summed E-state index contributed by atoms with van der Waals surface area (Å²) >= 11 is 0. The van der Waals surface area contributed by atoms with Crippen LogP contribution in [0.2, 0.25) is 0 Å². The van der Waals surface area contributed by atoms with Gasteiger partial charge in [0.1, 0.15) is 0 Å². The normalized spacial score (nSPS) is 18.8. The molecule has 2 heterocycles. The summed E-state index contributed by atoms with van der Waals surface area (Å²) in [5.74, 6) is -0.0461. The van der Waals surface area contributed by atoms with Gasteiger partial charge in [0.05, 0.1) is 12.7 Å². The van der Waals surface area contributed by atoms with E-state index in [1.807, 2.05) is 0 Å². The molecule has 104 valence electrons. The third-order valence-electron chi connectivity index (χ3n) is 3.03. The monoisotopic (exact) mass is 275 g/mol. The highest BCUT2D eigenvalue weighted by Gasteiger charge is 2.21. The van der Waals surface area contributed by atoms with Gasteiger partial charge in [-0.05, 0) is 12.1 Å². The number of ether oxygens (including phenoxy) is 2. The SMILES string of the molecule is Fc1c(Oc2cccnn2)cccc1[C@H]1CNCCO1. The lowest BCUT2D eigenvalue weighted by atomic mass is 10.1. The molecular weight excluding hydrogens is 261 g/mol. The molecule has 1 N–H and O–H groups in total. The van der Waals surface area contributed by atoms with Crippen LogP contribution in [0.5, 0.6) is 11.6 Å². The first-order valence-corrected chi connectivity index (χ1v) is 6.41. The van der Waals surface area contributed by atoms with Crippen LogP contribution in [-0.4, -0.2) is 29.9 Å². The molecule has 6 heteroatoms. The Balaban J connectivity index is 1.85. The second kappa shape index (κ2) is 5.94. The fraction of sp³-hybridized carbons (Fsp3) is 0.286. The van der Waals surface area contributed by atoms with E-state index in [0.29, 0.717) is 18.7 Å². The summed E-state index contributed by atoms with van der Waals surface area (Å²) in [5, 5.41) is 10.6. The van der Waals surface area contributed by atoms with E-state index < -0.39 is 5.82 Å². The van der Waals surface area contributed by atoms with E-state index in [9.17, 15) is 4.39 Å². The standard InChI is InChI=1S/C14H14FN3O2/c15-14-10(12-9-16-7-8-19-12)3-1-4-11(14)20-13-5-2-6-17-18-13/h1-6,12,16H,7-9H2/t12-/m1/s1. The van der Waals surface area contributed by atoms with Crippen LogP contribution in [0.4, 0.5) is 4.39 Å². The maximum Gasteiger partial charge on any atom is 0.238 e. The van der Waals surface area contributed by atoms with E-state index in [0.717, 1.165) is 6.54 Å². The third-order valence-corrected chi connectivity index (χ3v) is 3.03. The number of halogens is 1. The molecule has 5 nitrogen and oxygen atoms in total. The lowest BCUT2D eigenvalue weighted by Crippen LogP contribution is -2.33. The van der Waals surface area contributed by atoms with E-state index in [1.165, 1.54) is 6.20 Å². The minimum absolute atomic E-state index is 0.122. The second-order valence-electron chi connectivity index (χ2n) is 4.39. The Labute approximate surface area is 115 Å². The maximum absolute atomic E-state index is 14.5. The van der Waals surface area contributed by atoms with Crippen LogP contribution in [0.15, 0.2) is 36.5 Å². The van der Waals surface area contributed by atoms with Gasteiger partial charge in [-0.3, -0.25) is 0 Å². The van der Waals surface area contributed by atoms with Crippen LogP contribution in [0, 0.1) is 5.82 Å². The van der Waals surface area contributed by atoms with Crippen molar-refractivity contribution in [3.63, 3.8) is 0 Å². The van der Waals surface area contributed by atoms with Gasteiger partial charge in [-0.2, -0.15) is 5.10 Å². The molecule has 0 aliphatic carbocycles. The molecule has 1 aromatic heterocycles. The Hall–Kier alpha value is -2.05. The topological polar surface area (TPSA) is 56.3 Å². The minimum atomic E-state index is -0.424.